The maximum Gasteiger partial charge on any atom is 0.261 e. The van der Waals surface area contributed by atoms with Crippen molar-refractivity contribution in [3.63, 3.8) is 0 Å². The molecule has 0 fully saturated rings. The summed E-state index contributed by atoms with van der Waals surface area (Å²) in [5.74, 6) is 0.792. The van der Waals surface area contributed by atoms with Gasteiger partial charge in [0.15, 0.2) is 6.61 Å². The van der Waals surface area contributed by atoms with Gasteiger partial charge in [0, 0.05) is 18.7 Å². The first kappa shape index (κ1) is 22.9. The molecular formula is C26H28N2O4. The summed E-state index contributed by atoms with van der Waals surface area (Å²) in [6, 6.07) is 25.5. The lowest BCUT2D eigenvalue weighted by molar-refractivity contribution is -0.142. The molecule has 32 heavy (non-hydrogen) atoms. The van der Waals surface area contributed by atoms with Gasteiger partial charge in [0.2, 0.25) is 5.91 Å². The first-order chi connectivity index (χ1) is 15.6. The largest absolute Gasteiger partial charge is 0.496 e. The fourth-order valence-corrected chi connectivity index (χ4v) is 3.29. The molecule has 0 aliphatic carbocycles. The molecule has 6 nitrogen and oxygen atoms in total. The average molecular weight is 433 g/mol. The van der Waals surface area contributed by atoms with Crippen LogP contribution in [-0.2, 0) is 22.7 Å². The third kappa shape index (κ3) is 6.35. The van der Waals surface area contributed by atoms with Crippen LogP contribution in [0.4, 0.5) is 0 Å². The number of hydrogen-bond acceptors (Lipinski definition) is 4. The second-order valence-electron chi connectivity index (χ2n) is 7.31. The number of amides is 2. The Morgan fingerprint density at radius 2 is 1.53 bits per heavy atom. The van der Waals surface area contributed by atoms with Crippen LogP contribution in [0, 0.1) is 0 Å². The number of methoxy groups -OCH3 is 1. The fourth-order valence-electron chi connectivity index (χ4n) is 3.29. The maximum atomic E-state index is 13.0. The smallest absolute Gasteiger partial charge is 0.261 e. The van der Waals surface area contributed by atoms with Gasteiger partial charge in [0.05, 0.1) is 7.11 Å². The van der Waals surface area contributed by atoms with E-state index >= 15 is 0 Å². The highest BCUT2D eigenvalue weighted by Gasteiger charge is 2.26. The number of carbonyl (C=O) groups is 2. The van der Waals surface area contributed by atoms with Crippen molar-refractivity contribution in [2.45, 2.75) is 26.1 Å². The summed E-state index contributed by atoms with van der Waals surface area (Å²) < 4.78 is 11.0. The van der Waals surface area contributed by atoms with Crippen LogP contribution in [0.2, 0.25) is 0 Å². The summed E-state index contributed by atoms with van der Waals surface area (Å²) in [4.78, 5) is 27.5. The molecular weight excluding hydrogens is 404 g/mol. The van der Waals surface area contributed by atoms with Crippen LogP contribution in [0.3, 0.4) is 0 Å². The molecule has 1 atom stereocenters. The molecule has 0 aliphatic heterocycles. The molecule has 0 aliphatic rings. The summed E-state index contributed by atoms with van der Waals surface area (Å²) in [6.45, 7) is 2.18. The Morgan fingerprint density at radius 3 is 2.22 bits per heavy atom. The van der Waals surface area contributed by atoms with E-state index in [0.29, 0.717) is 24.6 Å². The summed E-state index contributed by atoms with van der Waals surface area (Å²) in [6.07, 6.45) is 0. The Labute approximate surface area is 188 Å². The second kappa shape index (κ2) is 11.6. The van der Waals surface area contributed by atoms with E-state index in [1.807, 2.05) is 72.8 Å². The minimum absolute atomic E-state index is 0.152. The van der Waals surface area contributed by atoms with E-state index in [4.69, 9.17) is 9.47 Å². The minimum atomic E-state index is -0.684. The Morgan fingerprint density at radius 1 is 0.906 bits per heavy atom. The first-order valence-corrected chi connectivity index (χ1v) is 10.5. The zero-order valence-corrected chi connectivity index (χ0v) is 18.4. The van der Waals surface area contributed by atoms with Crippen LogP contribution in [0.25, 0.3) is 0 Å². The van der Waals surface area contributed by atoms with Crippen LogP contribution in [-0.4, -0.2) is 36.5 Å². The van der Waals surface area contributed by atoms with Crippen LogP contribution >= 0.6 is 0 Å². The van der Waals surface area contributed by atoms with Crippen molar-refractivity contribution < 1.29 is 19.1 Å². The number of rotatable bonds is 10. The molecule has 0 bridgehead atoms. The Hall–Kier alpha value is -3.80. The predicted octanol–water partition coefficient (Wildman–Crippen LogP) is 3.81. The molecule has 0 spiro atoms. The van der Waals surface area contributed by atoms with Crippen LogP contribution < -0.4 is 14.8 Å². The van der Waals surface area contributed by atoms with Crippen molar-refractivity contribution in [2.75, 3.05) is 13.7 Å². The van der Waals surface area contributed by atoms with Crippen molar-refractivity contribution >= 4 is 11.8 Å². The molecule has 3 rings (SSSR count). The van der Waals surface area contributed by atoms with E-state index in [1.54, 1.807) is 26.2 Å². The quantitative estimate of drug-likeness (QED) is 0.529. The molecule has 1 unspecified atom stereocenters. The summed E-state index contributed by atoms with van der Waals surface area (Å²) in [7, 11) is 1.59. The molecule has 3 aromatic rings. The number of benzene rings is 3. The minimum Gasteiger partial charge on any atom is -0.496 e. The molecule has 0 aromatic heterocycles. The highest BCUT2D eigenvalue weighted by atomic mass is 16.5. The van der Waals surface area contributed by atoms with Gasteiger partial charge >= 0.3 is 0 Å². The van der Waals surface area contributed by atoms with Gasteiger partial charge in [0.25, 0.3) is 5.91 Å². The first-order valence-electron chi connectivity index (χ1n) is 10.5. The number of nitrogens with one attached hydrogen (secondary N) is 1. The number of para-hydroxylation sites is 2. The van der Waals surface area contributed by atoms with Crippen molar-refractivity contribution in [2.24, 2.45) is 0 Å². The third-order valence-corrected chi connectivity index (χ3v) is 5.11. The molecule has 0 heterocycles. The van der Waals surface area contributed by atoms with E-state index in [9.17, 15) is 9.59 Å². The van der Waals surface area contributed by atoms with Gasteiger partial charge in [0.1, 0.15) is 17.5 Å². The molecule has 2 amide bonds. The van der Waals surface area contributed by atoms with Gasteiger partial charge in [-0.3, -0.25) is 9.59 Å². The lowest BCUT2D eigenvalue weighted by Crippen LogP contribution is -2.48. The molecule has 0 saturated carbocycles. The van der Waals surface area contributed by atoms with E-state index in [1.165, 1.54) is 4.90 Å². The summed E-state index contributed by atoms with van der Waals surface area (Å²) in [5, 5.41) is 2.91. The Balaban J connectivity index is 1.69. The molecule has 6 heteroatoms. The zero-order chi connectivity index (χ0) is 22.8. The van der Waals surface area contributed by atoms with Crippen molar-refractivity contribution in [3.8, 4) is 11.5 Å². The van der Waals surface area contributed by atoms with E-state index in [-0.39, 0.29) is 18.4 Å². The topological polar surface area (TPSA) is 67.9 Å². The standard InChI is InChI=1S/C26H28N2O4/c1-20(26(30)27-17-22-13-9-10-16-24(22)31-2)28(18-21-11-5-3-6-12-21)25(29)19-32-23-14-7-4-8-15-23/h3-16,20H,17-19H2,1-2H3,(H,27,30). The summed E-state index contributed by atoms with van der Waals surface area (Å²) >= 11 is 0. The Kier molecular flexibility index (Phi) is 8.26. The lowest BCUT2D eigenvalue weighted by atomic mass is 10.1. The second-order valence-corrected chi connectivity index (χ2v) is 7.31. The number of nitrogens with zero attached hydrogens (tertiary/aromatic N) is 1. The highest BCUT2D eigenvalue weighted by molar-refractivity contribution is 5.88. The predicted molar refractivity (Wildman–Crippen MR) is 123 cm³/mol. The van der Waals surface area contributed by atoms with E-state index < -0.39 is 6.04 Å². The SMILES string of the molecule is COc1ccccc1CNC(=O)C(C)N(Cc1ccccc1)C(=O)COc1ccccc1. The molecule has 3 aromatic carbocycles. The highest BCUT2D eigenvalue weighted by Crippen LogP contribution is 2.17. The number of carbonyl (C=O) groups excluding carboxylic acids is 2. The third-order valence-electron chi connectivity index (χ3n) is 5.11. The lowest BCUT2D eigenvalue weighted by Gasteiger charge is -2.29. The number of ether oxygens (including phenoxy) is 2. The van der Waals surface area contributed by atoms with Crippen molar-refractivity contribution in [1.82, 2.24) is 10.2 Å². The normalized spacial score (nSPS) is 11.3. The molecule has 0 saturated heterocycles. The van der Waals surface area contributed by atoms with Crippen LogP contribution in [0.1, 0.15) is 18.1 Å². The van der Waals surface area contributed by atoms with Gasteiger partial charge < -0.3 is 19.7 Å². The zero-order valence-electron chi connectivity index (χ0n) is 18.4. The summed E-state index contributed by atoms with van der Waals surface area (Å²) in [5.41, 5.74) is 1.80. The van der Waals surface area contributed by atoms with Gasteiger partial charge in [-0.15, -0.1) is 0 Å². The van der Waals surface area contributed by atoms with Gasteiger partial charge in [-0.1, -0.05) is 66.7 Å². The van der Waals surface area contributed by atoms with Crippen molar-refractivity contribution in [3.05, 3.63) is 96.1 Å². The average Bonchev–Trinajstić information content (AvgIpc) is 2.85. The molecule has 1 N–H and O–H groups in total. The Bertz CT molecular complexity index is 1010. The maximum absolute atomic E-state index is 13.0. The molecule has 0 radical (unpaired) electrons. The number of hydrogen-bond donors (Lipinski definition) is 1. The van der Waals surface area contributed by atoms with Gasteiger partial charge in [-0.05, 0) is 30.7 Å². The van der Waals surface area contributed by atoms with Crippen LogP contribution in [0.5, 0.6) is 11.5 Å². The molecule has 166 valence electrons. The van der Waals surface area contributed by atoms with Gasteiger partial charge in [-0.2, -0.15) is 0 Å². The van der Waals surface area contributed by atoms with Crippen molar-refractivity contribution in [1.29, 1.82) is 0 Å². The van der Waals surface area contributed by atoms with E-state index in [2.05, 4.69) is 5.32 Å². The fraction of sp³-hybridized carbons (Fsp3) is 0.231. The van der Waals surface area contributed by atoms with E-state index in [0.717, 1.165) is 11.1 Å². The monoisotopic (exact) mass is 432 g/mol. The van der Waals surface area contributed by atoms with Gasteiger partial charge in [-0.25, -0.2) is 0 Å². The van der Waals surface area contributed by atoms with Crippen LogP contribution in [0.15, 0.2) is 84.9 Å².